The first-order valence-electron chi connectivity index (χ1n) is 9.75. The molecule has 1 heterocycles. The number of nitrogens with zero attached hydrogens (tertiary/aromatic N) is 2. The Labute approximate surface area is 165 Å². The van der Waals surface area contributed by atoms with E-state index in [1.54, 1.807) is 50.0 Å². The first-order chi connectivity index (χ1) is 13.1. The summed E-state index contributed by atoms with van der Waals surface area (Å²) in [6.45, 7) is 6.02. The second kappa shape index (κ2) is 7.48. The molecule has 3 aliphatic rings. The van der Waals surface area contributed by atoms with Crippen molar-refractivity contribution in [3.8, 4) is 0 Å². The fourth-order valence-electron chi connectivity index (χ4n) is 3.63. The van der Waals surface area contributed by atoms with Gasteiger partial charge in [0, 0.05) is 25.7 Å². The quantitative estimate of drug-likeness (QED) is 0.769. The number of carboxylic acids is 1. The molecular weight excluding hydrogens is 362 g/mol. The van der Waals surface area contributed by atoms with Gasteiger partial charge in [-0.15, -0.1) is 0 Å². The van der Waals surface area contributed by atoms with Gasteiger partial charge in [-0.1, -0.05) is 24.3 Å². The largest absolute Gasteiger partial charge is 0.481 e. The number of amides is 3. The van der Waals surface area contributed by atoms with Crippen molar-refractivity contribution < 1.29 is 24.2 Å². The number of rotatable bonds is 3. The van der Waals surface area contributed by atoms with Crippen LogP contribution in [-0.2, 0) is 9.53 Å². The maximum absolute atomic E-state index is 12.8. The SMILES string of the molecule is CC(C)(C)OC(=O)N1CCN(C(=O)NC2CC2)C[C@@H]1C1(C(=O)O)C=CC=CC1. The van der Waals surface area contributed by atoms with E-state index < -0.39 is 29.1 Å². The van der Waals surface area contributed by atoms with Crippen molar-refractivity contribution >= 4 is 18.1 Å². The van der Waals surface area contributed by atoms with E-state index in [1.807, 2.05) is 0 Å². The van der Waals surface area contributed by atoms with Crippen LogP contribution in [0.25, 0.3) is 0 Å². The van der Waals surface area contributed by atoms with Crippen molar-refractivity contribution in [2.24, 2.45) is 5.41 Å². The Balaban J connectivity index is 1.87. The molecule has 1 saturated heterocycles. The van der Waals surface area contributed by atoms with Gasteiger partial charge in [0.15, 0.2) is 0 Å². The summed E-state index contributed by atoms with van der Waals surface area (Å²) in [4.78, 5) is 40.8. The minimum Gasteiger partial charge on any atom is -0.481 e. The molecule has 0 bridgehead atoms. The summed E-state index contributed by atoms with van der Waals surface area (Å²) in [5.41, 5.74) is -2.00. The molecule has 3 rings (SSSR count). The van der Waals surface area contributed by atoms with Gasteiger partial charge in [-0.2, -0.15) is 0 Å². The van der Waals surface area contributed by atoms with Crippen LogP contribution in [0.5, 0.6) is 0 Å². The van der Waals surface area contributed by atoms with Crippen LogP contribution in [0.15, 0.2) is 24.3 Å². The molecule has 1 unspecified atom stereocenters. The van der Waals surface area contributed by atoms with Gasteiger partial charge < -0.3 is 25.0 Å². The summed E-state index contributed by atoms with van der Waals surface area (Å²) in [6, 6.07) is -0.715. The van der Waals surface area contributed by atoms with E-state index in [0.717, 1.165) is 12.8 Å². The summed E-state index contributed by atoms with van der Waals surface area (Å²) < 4.78 is 5.53. The van der Waals surface area contributed by atoms with Crippen LogP contribution >= 0.6 is 0 Å². The Hall–Kier alpha value is -2.51. The van der Waals surface area contributed by atoms with E-state index in [0.29, 0.717) is 6.54 Å². The van der Waals surface area contributed by atoms with Crippen molar-refractivity contribution in [3.05, 3.63) is 24.3 Å². The number of urea groups is 1. The summed E-state index contributed by atoms with van der Waals surface area (Å²) >= 11 is 0. The molecule has 0 spiro atoms. The number of allylic oxidation sites excluding steroid dienone is 3. The molecule has 1 saturated carbocycles. The van der Waals surface area contributed by atoms with Crippen LogP contribution in [0, 0.1) is 5.41 Å². The van der Waals surface area contributed by atoms with Gasteiger partial charge in [0.25, 0.3) is 0 Å². The van der Waals surface area contributed by atoms with Crippen LogP contribution < -0.4 is 5.32 Å². The Morgan fingerprint density at radius 3 is 2.43 bits per heavy atom. The highest BCUT2D eigenvalue weighted by Crippen LogP contribution is 2.38. The molecule has 2 fully saturated rings. The third-order valence-corrected chi connectivity index (χ3v) is 5.29. The molecule has 0 aromatic rings. The number of hydrogen-bond donors (Lipinski definition) is 2. The minimum atomic E-state index is -1.30. The number of carboxylic acid groups (broad SMARTS) is 1. The van der Waals surface area contributed by atoms with Crippen molar-refractivity contribution in [1.29, 1.82) is 0 Å². The lowest BCUT2D eigenvalue weighted by Crippen LogP contribution is -2.65. The van der Waals surface area contributed by atoms with Crippen LogP contribution in [-0.4, -0.2) is 70.3 Å². The van der Waals surface area contributed by atoms with Crippen molar-refractivity contribution in [1.82, 2.24) is 15.1 Å². The summed E-state index contributed by atoms with van der Waals surface area (Å²) in [5, 5.41) is 13.0. The second-order valence-corrected chi connectivity index (χ2v) is 8.70. The maximum atomic E-state index is 12.8. The average Bonchev–Trinajstić information content (AvgIpc) is 3.44. The minimum absolute atomic E-state index is 0.141. The zero-order chi connectivity index (χ0) is 20.5. The zero-order valence-corrected chi connectivity index (χ0v) is 16.7. The summed E-state index contributed by atoms with van der Waals surface area (Å²) in [7, 11) is 0. The Morgan fingerprint density at radius 1 is 1.18 bits per heavy atom. The highest BCUT2D eigenvalue weighted by molar-refractivity contribution is 5.82. The molecular formula is C20H29N3O5. The van der Waals surface area contributed by atoms with E-state index in [2.05, 4.69) is 5.32 Å². The maximum Gasteiger partial charge on any atom is 0.410 e. The molecule has 2 atom stereocenters. The van der Waals surface area contributed by atoms with E-state index in [-0.39, 0.29) is 31.6 Å². The Bertz CT molecular complexity index is 707. The lowest BCUT2D eigenvalue weighted by Gasteiger charge is -2.48. The van der Waals surface area contributed by atoms with Crippen LogP contribution in [0.3, 0.4) is 0 Å². The Kier molecular flexibility index (Phi) is 5.41. The number of piperazine rings is 1. The molecule has 0 aromatic carbocycles. The normalized spacial score (nSPS) is 27.5. The van der Waals surface area contributed by atoms with Crippen LogP contribution in [0.4, 0.5) is 9.59 Å². The average molecular weight is 391 g/mol. The number of hydrogen-bond acceptors (Lipinski definition) is 4. The van der Waals surface area contributed by atoms with Gasteiger partial charge in [0.1, 0.15) is 11.0 Å². The van der Waals surface area contributed by atoms with Crippen molar-refractivity contribution in [3.63, 3.8) is 0 Å². The van der Waals surface area contributed by atoms with Gasteiger partial charge in [0.2, 0.25) is 0 Å². The first kappa shape index (κ1) is 20.2. The highest BCUT2D eigenvalue weighted by Gasteiger charge is 2.51. The molecule has 1 aliphatic heterocycles. The topological polar surface area (TPSA) is 99.2 Å². The molecule has 0 radical (unpaired) electrons. The van der Waals surface area contributed by atoms with Crippen molar-refractivity contribution in [2.75, 3.05) is 19.6 Å². The zero-order valence-electron chi connectivity index (χ0n) is 16.7. The highest BCUT2D eigenvalue weighted by atomic mass is 16.6. The third kappa shape index (κ3) is 4.31. The monoisotopic (exact) mass is 391 g/mol. The lowest BCUT2D eigenvalue weighted by atomic mass is 9.73. The van der Waals surface area contributed by atoms with E-state index >= 15 is 0 Å². The molecule has 8 heteroatoms. The van der Waals surface area contributed by atoms with Gasteiger partial charge in [0.05, 0.1) is 6.04 Å². The van der Waals surface area contributed by atoms with Gasteiger partial charge in [-0.3, -0.25) is 4.79 Å². The number of carbonyl (C=O) groups excluding carboxylic acids is 2. The van der Waals surface area contributed by atoms with Crippen molar-refractivity contribution in [2.45, 2.75) is 57.7 Å². The molecule has 3 amide bonds. The third-order valence-electron chi connectivity index (χ3n) is 5.29. The molecule has 2 aliphatic carbocycles. The second-order valence-electron chi connectivity index (χ2n) is 8.70. The van der Waals surface area contributed by atoms with E-state index in [1.165, 1.54) is 4.90 Å². The molecule has 28 heavy (non-hydrogen) atoms. The van der Waals surface area contributed by atoms with Gasteiger partial charge in [-0.05, 0) is 40.0 Å². The Morgan fingerprint density at radius 2 is 1.89 bits per heavy atom. The lowest BCUT2D eigenvalue weighted by molar-refractivity contribution is -0.150. The number of ether oxygens (including phenoxy) is 1. The standard InChI is InChI=1S/C20H29N3O5/c1-19(2,3)28-18(27)23-12-11-22(17(26)21-14-7-8-14)13-15(23)20(16(24)25)9-5-4-6-10-20/h4-6,9,14-15H,7-8,10-13H2,1-3H3,(H,21,26)(H,24,25)/t15-,20?/m1/s1. The fraction of sp³-hybridized carbons (Fsp3) is 0.650. The van der Waals surface area contributed by atoms with Gasteiger partial charge in [-0.25, -0.2) is 9.59 Å². The number of aliphatic carboxylic acids is 1. The first-order valence-corrected chi connectivity index (χ1v) is 9.75. The van der Waals surface area contributed by atoms with E-state index in [9.17, 15) is 19.5 Å². The molecule has 2 N–H and O–H groups in total. The fourth-order valence-corrected chi connectivity index (χ4v) is 3.63. The summed E-state index contributed by atoms with van der Waals surface area (Å²) in [5.74, 6) is -1.02. The summed E-state index contributed by atoms with van der Waals surface area (Å²) in [6.07, 6.45) is 8.53. The van der Waals surface area contributed by atoms with Gasteiger partial charge >= 0.3 is 18.1 Å². The van der Waals surface area contributed by atoms with E-state index in [4.69, 9.17) is 4.74 Å². The molecule has 8 nitrogen and oxygen atoms in total. The van der Waals surface area contributed by atoms with Crippen LogP contribution in [0.2, 0.25) is 0 Å². The predicted octanol–water partition coefficient (Wildman–Crippen LogP) is 2.37. The number of carbonyl (C=O) groups is 3. The van der Waals surface area contributed by atoms with Crippen LogP contribution in [0.1, 0.15) is 40.0 Å². The predicted molar refractivity (Wildman–Crippen MR) is 103 cm³/mol. The number of nitrogens with one attached hydrogen (secondary N) is 1. The molecule has 0 aromatic heterocycles. The molecule has 154 valence electrons. The smallest absolute Gasteiger partial charge is 0.410 e.